The molecule has 0 atom stereocenters. The molecule has 0 aliphatic carbocycles. The number of carbonyl (C=O) groups is 2. The number of hydrogen-bond acceptors (Lipinski definition) is 9. The molecule has 0 radical (unpaired) electrons. The van der Waals surface area contributed by atoms with Crippen LogP contribution in [0, 0.1) is 5.41 Å². The summed E-state index contributed by atoms with van der Waals surface area (Å²) in [5, 5.41) is 16.6. The van der Waals surface area contributed by atoms with E-state index in [0.29, 0.717) is 19.1 Å². The maximum atomic E-state index is 13.3. The molecule has 2 aliphatic heterocycles. The molecule has 1 aromatic carbocycles. The fourth-order valence-corrected chi connectivity index (χ4v) is 4.34. The molecular formula is C26H32ClF2N9O3. The number of ether oxygens (including phenoxy) is 1. The number of nitrogens with zero attached hydrogens (tertiary/aromatic N) is 3. The summed E-state index contributed by atoms with van der Waals surface area (Å²) in [5.41, 5.74) is 11.2. The van der Waals surface area contributed by atoms with E-state index in [1.807, 2.05) is 6.92 Å². The minimum Gasteiger partial charge on any atom is -0.434 e. The highest BCUT2D eigenvalue weighted by molar-refractivity contribution is 6.30. The van der Waals surface area contributed by atoms with Crippen molar-refractivity contribution in [1.82, 2.24) is 20.9 Å². The van der Waals surface area contributed by atoms with Gasteiger partial charge in [-0.3, -0.25) is 20.0 Å². The van der Waals surface area contributed by atoms with Crippen LogP contribution in [0.4, 0.5) is 8.78 Å². The van der Waals surface area contributed by atoms with Gasteiger partial charge in [-0.2, -0.15) is 8.78 Å². The molecule has 8 N–H and O–H groups in total. The first-order chi connectivity index (χ1) is 19.6. The molecule has 1 saturated heterocycles. The van der Waals surface area contributed by atoms with Gasteiger partial charge < -0.3 is 37.1 Å². The first-order valence-electron chi connectivity index (χ1n) is 12.7. The minimum atomic E-state index is -3.17. The number of allylic oxidation sites excluding steroid dienone is 2. The molecule has 220 valence electrons. The molecule has 1 aromatic rings. The molecule has 2 aliphatic rings. The molecule has 41 heavy (non-hydrogen) atoms. The molecule has 2 amide bonds. The van der Waals surface area contributed by atoms with Crippen LogP contribution >= 0.6 is 11.6 Å². The van der Waals surface area contributed by atoms with Gasteiger partial charge in [0.25, 0.3) is 5.91 Å². The van der Waals surface area contributed by atoms with Crippen molar-refractivity contribution in [3.05, 3.63) is 58.2 Å². The number of amidine groups is 1. The average Bonchev–Trinajstić information content (AvgIpc) is 2.94. The molecule has 0 aromatic heterocycles. The van der Waals surface area contributed by atoms with Crippen molar-refractivity contribution in [3.8, 4) is 5.75 Å². The Labute approximate surface area is 240 Å². The number of alkyl halides is 2. The van der Waals surface area contributed by atoms with Crippen molar-refractivity contribution >= 4 is 47.4 Å². The highest BCUT2D eigenvalue weighted by Gasteiger charge is 2.24. The molecule has 0 saturated carbocycles. The van der Waals surface area contributed by atoms with Crippen LogP contribution in [0.3, 0.4) is 0 Å². The zero-order chi connectivity index (χ0) is 29.9. The molecule has 3 rings (SSSR count). The summed E-state index contributed by atoms with van der Waals surface area (Å²) in [4.78, 5) is 35.9. The zero-order valence-electron chi connectivity index (χ0n) is 22.3. The van der Waals surface area contributed by atoms with E-state index < -0.39 is 18.4 Å². The van der Waals surface area contributed by atoms with Gasteiger partial charge in [0.05, 0.1) is 11.4 Å². The average molecular weight is 592 g/mol. The molecule has 0 unspecified atom stereocenters. The number of nitrogens with one attached hydrogen (secondary N) is 4. The SMILES string of the molecule is CCNC1CCN(C(=O)CN=CC(NC(=O)/C(C(=N)N)=C2\N=CC=CN2)=C(N)c2cc(Cl)ccc2OC(F)F)CC1. The number of carbonyl (C=O) groups excluding carboxylic acids is 2. The largest absolute Gasteiger partial charge is 0.434 e. The monoisotopic (exact) mass is 591 g/mol. The summed E-state index contributed by atoms with van der Waals surface area (Å²) >= 11 is 6.08. The number of nitrogens with two attached hydrogens (primary N) is 2. The number of benzene rings is 1. The van der Waals surface area contributed by atoms with Crippen LogP contribution in [-0.2, 0) is 9.59 Å². The Kier molecular flexibility index (Phi) is 11.4. The van der Waals surface area contributed by atoms with E-state index in [1.54, 1.807) is 11.0 Å². The Morgan fingerprint density at radius 1 is 1.34 bits per heavy atom. The highest BCUT2D eigenvalue weighted by atomic mass is 35.5. The van der Waals surface area contributed by atoms with Crippen molar-refractivity contribution in [3.63, 3.8) is 0 Å². The van der Waals surface area contributed by atoms with Crippen LogP contribution in [0.25, 0.3) is 5.70 Å². The quantitative estimate of drug-likeness (QED) is 0.128. The number of amides is 2. The van der Waals surface area contributed by atoms with E-state index in [0.717, 1.165) is 25.6 Å². The summed E-state index contributed by atoms with van der Waals surface area (Å²) in [5.74, 6) is -2.05. The Balaban J connectivity index is 1.92. The molecule has 2 heterocycles. The van der Waals surface area contributed by atoms with Gasteiger partial charge in [-0.1, -0.05) is 18.5 Å². The fraction of sp³-hybridized carbons (Fsp3) is 0.346. The number of halogens is 3. The number of piperidine rings is 1. The van der Waals surface area contributed by atoms with Crippen molar-refractivity contribution in [2.24, 2.45) is 21.5 Å². The van der Waals surface area contributed by atoms with E-state index in [2.05, 4.69) is 30.7 Å². The first-order valence-corrected chi connectivity index (χ1v) is 13.1. The topological polar surface area (TPSA) is 183 Å². The van der Waals surface area contributed by atoms with Crippen molar-refractivity contribution in [2.45, 2.75) is 32.4 Å². The summed E-state index contributed by atoms with van der Waals surface area (Å²) in [6, 6.07) is 4.15. The molecule has 15 heteroatoms. The minimum absolute atomic E-state index is 0.00650. The lowest BCUT2D eigenvalue weighted by molar-refractivity contribution is -0.130. The van der Waals surface area contributed by atoms with Gasteiger partial charge in [-0.05, 0) is 43.7 Å². The van der Waals surface area contributed by atoms with Gasteiger partial charge in [0.1, 0.15) is 29.5 Å². The fourth-order valence-electron chi connectivity index (χ4n) is 4.17. The van der Waals surface area contributed by atoms with Crippen LogP contribution in [0.1, 0.15) is 25.3 Å². The number of likely N-dealkylation sites (tertiary alicyclic amines) is 1. The second-order valence-corrected chi connectivity index (χ2v) is 9.34. The summed E-state index contributed by atoms with van der Waals surface area (Å²) < 4.78 is 30.8. The summed E-state index contributed by atoms with van der Waals surface area (Å²) in [6.07, 6.45) is 7.20. The molecule has 0 bridgehead atoms. The lowest BCUT2D eigenvalue weighted by atomic mass is 10.1. The van der Waals surface area contributed by atoms with E-state index in [9.17, 15) is 18.4 Å². The third-order valence-corrected chi connectivity index (χ3v) is 6.35. The van der Waals surface area contributed by atoms with Gasteiger partial charge in [0.15, 0.2) is 0 Å². The number of rotatable bonds is 11. The maximum Gasteiger partial charge on any atom is 0.387 e. The Morgan fingerprint density at radius 2 is 2.07 bits per heavy atom. The van der Waals surface area contributed by atoms with E-state index in [-0.39, 0.29) is 51.6 Å². The van der Waals surface area contributed by atoms with Crippen LogP contribution in [-0.4, -0.2) is 73.8 Å². The zero-order valence-corrected chi connectivity index (χ0v) is 23.0. The number of aliphatic imine (C=N–C) groups is 2. The predicted octanol–water partition coefficient (Wildman–Crippen LogP) is 1.69. The van der Waals surface area contributed by atoms with E-state index >= 15 is 0 Å². The van der Waals surface area contributed by atoms with Crippen LogP contribution in [0.15, 0.2) is 57.6 Å². The molecule has 1 fully saturated rings. The van der Waals surface area contributed by atoms with Crippen LogP contribution in [0.2, 0.25) is 5.02 Å². The van der Waals surface area contributed by atoms with E-state index in [1.165, 1.54) is 30.6 Å². The van der Waals surface area contributed by atoms with Crippen molar-refractivity contribution in [1.29, 1.82) is 5.41 Å². The summed E-state index contributed by atoms with van der Waals surface area (Å²) in [6.45, 7) is 0.596. The third kappa shape index (κ3) is 8.85. The standard InChI is InChI=1S/C26H32ClF2N9O3/c1-2-34-16-6-10-38(11-7-16)20(39)14-33-13-18(22(30)17-12-15(27)4-5-19(17)41-26(28)29)37-25(40)21(23(31)32)24-35-8-3-9-36-24/h3-5,8-9,12-13,16,26,34-35H,2,6-7,10-11,14,30H2,1H3,(H3,31,32)(H,37,40)/b22-18?,24-21-,33-13?. The second-order valence-electron chi connectivity index (χ2n) is 8.90. The molecule has 12 nitrogen and oxygen atoms in total. The number of hydrogen-bond donors (Lipinski definition) is 6. The van der Waals surface area contributed by atoms with Crippen molar-refractivity contribution < 1.29 is 23.1 Å². The lowest BCUT2D eigenvalue weighted by Crippen LogP contribution is -2.45. The van der Waals surface area contributed by atoms with Gasteiger partial charge >= 0.3 is 6.61 Å². The van der Waals surface area contributed by atoms with Gasteiger partial charge in [-0.25, -0.2) is 4.99 Å². The normalized spacial score (nSPS) is 17.3. The smallest absolute Gasteiger partial charge is 0.387 e. The van der Waals surface area contributed by atoms with E-state index in [4.69, 9.17) is 28.5 Å². The van der Waals surface area contributed by atoms with Crippen molar-refractivity contribution in [2.75, 3.05) is 26.2 Å². The van der Waals surface area contributed by atoms with Crippen LogP contribution in [0.5, 0.6) is 5.75 Å². The Morgan fingerprint density at radius 3 is 2.68 bits per heavy atom. The Hall–Kier alpha value is -4.30. The van der Waals surface area contributed by atoms with Crippen LogP contribution < -0.4 is 32.2 Å². The third-order valence-electron chi connectivity index (χ3n) is 6.11. The predicted molar refractivity (Wildman–Crippen MR) is 154 cm³/mol. The molecule has 0 spiro atoms. The highest BCUT2D eigenvalue weighted by Crippen LogP contribution is 2.29. The van der Waals surface area contributed by atoms with Gasteiger partial charge in [0, 0.05) is 48.3 Å². The van der Waals surface area contributed by atoms with Gasteiger partial charge in [0.2, 0.25) is 5.91 Å². The first kappa shape index (κ1) is 31.2. The molecular weight excluding hydrogens is 560 g/mol. The second kappa shape index (κ2) is 14.9. The lowest BCUT2D eigenvalue weighted by Gasteiger charge is -2.32. The Bertz CT molecular complexity index is 1300. The maximum absolute atomic E-state index is 13.3. The summed E-state index contributed by atoms with van der Waals surface area (Å²) in [7, 11) is 0. The van der Waals surface area contributed by atoms with Gasteiger partial charge in [-0.15, -0.1) is 0 Å².